The molecular formula is C10H18O. The minimum absolute atomic E-state index is 0.329. The number of rotatable bonds is 6. The zero-order chi connectivity index (χ0) is 8.53. The number of hydrogen-bond donors (Lipinski definition) is 1. The van der Waals surface area contributed by atoms with Gasteiger partial charge in [-0.25, -0.2) is 0 Å². The molecule has 0 bridgehead atoms. The van der Waals surface area contributed by atoms with E-state index < -0.39 is 0 Å². The molecule has 0 rings (SSSR count). The normalized spacial score (nSPS) is 12.2. The van der Waals surface area contributed by atoms with Gasteiger partial charge in [0.1, 0.15) is 0 Å². The van der Waals surface area contributed by atoms with Crippen LogP contribution in [0.25, 0.3) is 0 Å². The first-order chi connectivity index (χ1) is 5.31. The third-order valence-electron chi connectivity index (χ3n) is 1.66. The average molecular weight is 154 g/mol. The average Bonchev–Trinajstić information content (AvgIpc) is 1.99. The van der Waals surface area contributed by atoms with E-state index in [1.165, 1.54) is 19.3 Å². The van der Waals surface area contributed by atoms with Gasteiger partial charge in [-0.2, -0.15) is 0 Å². The summed E-state index contributed by atoms with van der Waals surface area (Å²) in [5.41, 5.74) is 2.58. The third-order valence-corrected chi connectivity index (χ3v) is 1.66. The van der Waals surface area contributed by atoms with Crippen LogP contribution in [0.4, 0.5) is 0 Å². The van der Waals surface area contributed by atoms with Gasteiger partial charge in [0.25, 0.3) is 0 Å². The second-order valence-electron chi connectivity index (χ2n) is 2.79. The Labute approximate surface area is 69.4 Å². The van der Waals surface area contributed by atoms with Crippen molar-refractivity contribution in [1.82, 2.24) is 0 Å². The molecule has 64 valence electrons. The van der Waals surface area contributed by atoms with E-state index in [9.17, 15) is 5.11 Å². The van der Waals surface area contributed by atoms with Crippen LogP contribution in [0.5, 0.6) is 0 Å². The highest BCUT2D eigenvalue weighted by molar-refractivity contribution is 4.83. The molecule has 0 aliphatic carbocycles. The monoisotopic (exact) mass is 154 g/mol. The number of aliphatic hydroxyl groups excluding tert-OH is 1. The van der Waals surface area contributed by atoms with Gasteiger partial charge in [0, 0.05) is 0 Å². The van der Waals surface area contributed by atoms with Crippen LogP contribution in [0, 0.1) is 0 Å². The lowest BCUT2D eigenvalue weighted by atomic mass is 10.1. The zero-order valence-electron chi connectivity index (χ0n) is 7.34. The van der Waals surface area contributed by atoms with Crippen molar-refractivity contribution in [2.24, 2.45) is 0 Å². The molecule has 0 heterocycles. The first-order valence-electron chi connectivity index (χ1n) is 4.35. The van der Waals surface area contributed by atoms with Crippen molar-refractivity contribution in [2.45, 2.75) is 45.1 Å². The number of hydrogen-bond acceptors (Lipinski definition) is 1. The molecule has 0 fully saturated rings. The van der Waals surface area contributed by atoms with Crippen molar-refractivity contribution in [1.29, 1.82) is 0 Å². The maximum Gasteiger partial charge on any atom is 0.0794 e. The van der Waals surface area contributed by atoms with Gasteiger partial charge in [0.05, 0.1) is 6.10 Å². The van der Waals surface area contributed by atoms with Crippen molar-refractivity contribution in [2.75, 3.05) is 0 Å². The summed E-state index contributed by atoms with van der Waals surface area (Å²) in [5, 5.41) is 9.19. The lowest BCUT2D eigenvalue weighted by molar-refractivity contribution is 0.208. The molecule has 0 aromatic rings. The van der Waals surface area contributed by atoms with Crippen molar-refractivity contribution in [3.8, 4) is 0 Å². The number of aliphatic hydroxyl groups is 1. The first-order valence-corrected chi connectivity index (χ1v) is 4.35. The SMILES string of the molecule is C=C=C[C@@H](O)CCCCCC. The molecule has 0 aliphatic rings. The molecule has 0 aromatic carbocycles. The molecule has 1 heteroatoms. The van der Waals surface area contributed by atoms with E-state index in [1.54, 1.807) is 6.08 Å². The van der Waals surface area contributed by atoms with Crippen LogP contribution in [0.1, 0.15) is 39.0 Å². The number of unbranched alkanes of at least 4 members (excludes halogenated alkanes) is 3. The fourth-order valence-electron chi connectivity index (χ4n) is 1.000. The molecule has 0 amide bonds. The van der Waals surface area contributed by atoms with Gasteiger partial charge in [-0.05, 0) is 12.5 Å². The molecule has 0 saturated heterocycles. The highest BCUT2D eigenvalue weighted by Gasteiger charge is 1.96. The fraction of sp³-hybridized carbons (Fsp3) is 0.700. The Morgan fingerprint density at radius 2 is 2.18 bits per heavy atom. The highest BCUT2D eigenvalue weighted by Crippen LogP contribution is 2.05. The summed E-state index contributed by atoms with van der Waals surface area (Å²) in [6.07, 6.45) is 6.97. The summed E-state index contributed by atoms with van der Waals surface area (Å²) in [5.74, 6) is 0. The van der Waals surface area contributed by atoms with Crippen LogP contribution in [-0.2, 0) is 0 Å². The summed E-state index contributed by atoms with van der Waals surface area (Å²) in [4.78, 5) is 0. The van der Waals surface area contributed by atoms with E-state index in [4.69, 9.17) is 0 Å². The highest BCUT2D eigenvalue weighted by atomic mass is 16.3. The lowest BCUT2D eigenvalue weighted by Crippen LogP contribution is -2.00. The Kier molecular flexibility index (Phi) is 7.23. The zero-order valence-corrected chi connectivity index (χ0v) is 7.34. The molecule has 1 N–H and O–H groups in total. The minimum Gasteiger partial charge on any atom is -0.388 e. The summed E-state index contributed by atoms with van der Waals surface area (Å²) in [7, 11) is 0. The lowest BCUT2D eigenvalue weighted by Gasteiger charge is -2.02. The van der Waals surface area contributed by atoms with Crippen LogP contribution in [0.15, 0.2) is 18.4 Å². The Bertz CT molecular complexity index is 123. The summed E-state index contributed by atoms with van der Waals surface area (Å²) >= 11 is 0. The minimum atomic E-state index is -0.329. The molecule has 0 radical (unpaired) electrons. The van der Waals surface area contributed by atoms with Gasteiger partial charge in [-0.3, -0.25) is 0 Å². The topological polar surface area (TPSA) is 20.2 Å². The second kappa shape index (κ2) is 7.59. The maximum atomic E-state index is 9.19. The molecule has 0 spiro atoms. The molecular weight excluding hydrogens is 136 g/mol. The third kappa shape index (κ3) is 7.38. The van der Waals surface area contributed by atoms with E-state index in [1.807, 2.05) is 0 Å². The van der Waals surface area contributed by atoms with Gasteiger partial charge in [-0.15, -0.1) is 5.73 Å². The van der Waals surface area contributed by atoms with Crippen molar-refractivity contribution in [3.05, 3.63) is 18.4 Å². The van der Waals surface area contributed by atoms with E-state index in [0.29, 0.717) is 0 Å². The van der Waals surface area contributed by atoms with Gasteiger partial charge < -0.3 is 5.11 Å². The van der Waals surface area contributed by atoms with Crippen molar-refractivity contribution in [3.63, 3.8) is 0 Å². The quantitative estimate of drug-likeness (QED) is 0.460. The van der Waals surface area contributed by atoms with Gasteiger partial charge in [-0.1, -0.05) is 39.2 Å². The first kappa shape index (κ1) is 10.5. The van der Waals surface area contributed by atoms with Crippen molar-refractivity contribution < 1.29 is 5.11 Å². The molecule has 0 saturated carbocycles. The largest absolute Gasteiger partial charge is 0.388 e. The van der Waals surface area contributed by atoms with E-state index >= 15 is 0 Å². The Morgan fingerprint density at radius 3 is 2.73 bits per heavy atom. The molecule has 1 atom stereocenters. The van der Waals surface area contributed by atoms with Crippen molar-refractivity contribution >= 4 is 0 Å². The van der Waals surface area contributed by atoms with E-state index in [2.05, 4.69) is 19.2 Å². The summed E-state index contributed by atoms with van der Waals surface area (Å²) in [6, 6.07) is 0. The molecule has 1 nitrogen and oxygen atoms in total. The Hall–Kier alpha value is -0.520. The van der Waals surface area contributed by atoms with Crippen LogP contribution in [0.3, 0.4) is 0 Å². The van der Waals surface area contributed by atoms with Gasteiger partial charge >= 0.3 is 0 Å². The predicted octanol–water partition coefficient (Wildman–Crippen LogP) is 2.66. The predicted molar refractivity (Wildman–Crippen MR) is 48.5 cm³/mol. The Balaban J connectivity index is 3.17. The second-order valence-corrected chi connectivity index (χ2v) is 2.79. The maximum absolute atomic E-state index is 9.19. The van der Waals surface area contributed by atoms with Crippen LogP contribution in [0.2, 0.25) is 0 Å². The van der Waals surface area contributed by atoms with Crippen LogP contribution >= 0.6 is 0 Å². The van der Waals surface area contributed by atoms with Crippen LogP contribution in [-0.4, -0.2) is 11.2 Å². The fourth-order valence-corrected chi connectivity index (χ4v) is 1.000. The van der Waals surface area contributed by atoms with E-state index in [0.717, 1.165) is 12.8 Å². The Morgan fingerprint density at radius 1 is 1.45 bits per heavy atom. The van der Waals surface area contributed by atoms with E-state index in [-0.39, 0.29) is 6.10 Å². The standard InChI is InChI=1S/C10H18O/c1-3-5-6-7-9-10(11)8-4-2/h8,10-11H,2-3,5-7,9H2,1H3/t10-/m1/s1. The van der Waals surface area contributed by atoms with Gasteiger partial charge in [0.2, 0.25) is 0 Å². The molecule has 0 unspecified atom stereocenters. The smallest absolute Gasteiger partial charge is 0.0794 e. The molecule has 0 aliphatic heterocycles. The summed E-state index contributed by atoms with van der Waals surface area (Å²) < 4.78 is 0. The summed E-state index contributed by atoms with van der Waals surface area (Å²) in [6.45, 7) is 5.59. The van der Waals surface area contributed by atoms with Gasteiger partial charge in [0.15, 0.2) is 0 Å². The van der Waals surface area contributed by atoms with Crippen LogP contribution < -0.4 is 0 Å². The molecule has 0 aromatic heterocycles. The molecule has 11 heavy (non-hydrogen) atoms.